The maximum atomic E-state index is 10.6. The van der Waals surface area contributed by atoms with Crippen molar-refractivity contribution >= 4 is 23.7 Å². The molecule has 8 heteroatoms. The highest BCUT2D eigenvalue weighted by atomic mass is 16.5. The summed E-state index contributed by atoms with van der Waals surface area (Å²) in [5, 5.41) is 16.3. The lowest BCUT2D eigenvalue weighted by molar-refractivity contribution is -0.146. The van der Waals surface area contributed by atoms with Crippen molar-refractivity contribution in [2.24, 2.45) is 0 Å². The number of aliphatic hydroxyl groups is 1. The first-order chi connectivity index (χ1) is 10.3. The number of rotatable bonds is 9. The Bertz CT molecular complexity index is 386. The summed E-state index contributed by atoms with van der Waals surface area (Å²) >= 11 is 0. The van der Waals surface area contributed by atoms with Gasteiger partial charge in [0, 0.05) is 12.2 Å². The standard InChI is InChI=1S/C8H12O4.C6H10O4/c1-2-3-6-12-8(11)5-4-7(9)10;1-5(8)4-6(9)10-3-2-7/h4-5H,2-3,6H2,1H3,(H,9,10);7H,2-4H2,1H3. The number of Topliss-reactive ketones (excluding diaryl/α,β-unsaturated/α-hetero) is 1. The highest BCUT2D eigenvalue weighted by Crippen LogP contribution is 1.89. The summed E-state index contributed by atoms with van der Waals surface area (Å²) in [6.07, 6.45) is 3.19. The van der Waals surface area contributed by atoms with Gasteiger partial charge in [-0.05, 0) is 13.3 Å². The second-order valence-electron chi connectivity index (χ2n) is 4.02. The number of aliphatic hydroxyl groups excluding tert-OH is 1. The van der Waals surface area contributed by atoms with Gasteiger partial charge in [-0.25, -0.2) is 9.59 Å². The van der Waals surface area contributed by atoms with Gasteiger partial charge in [0.25, 0.3) is 0 Å². The van der Waals surface area contributed by atoms with E-state index in [1.54, 1.807) is 0 Å². The van der Waals surface area contributed by atoms with Crippen molar-refractivity contribution in [3.05, 3.63) is 12.2 Å². The van der Waals surface area contributed by atoms with Crippen LogP contribution >= 0.6 is 0 Å². The molecule has 0 aliphatic heterocycles. The number of hydrogen-bond acceptors (Lipinski definition) is 7. The molecule has 0 rings (SSSR count). The number of carbonyl (C=O) groups excluding carboxylic acids is 3. The number of carboxylic acids is 1. The largest absolute Gasteiger partial charge is 0.478 e. The summed E-state index contributed by atoms with van der Waals surface area (Å²) in [7, 11) is 0. The molecule has 0 saturated heterocycles. The van der Waals surface area contributed by atoms with Crippen LogP contribution < -0.4 is 0 Å². The smallest absolute Gasteiger partial charge is 0.331 e. The number of esters is 2. The van der Waals surface area contributed by atoms with E-state index in [1.165, 1.54) is 6.92 Å². The van der Waals surface area contributed by atoms with E-state index >= 15 is 0 Å². The van der Waals surface area contributed by atoms with E-state index in [-0.39, 0.29) is 25.4 Å². The number of ether oxygens (including phenoxy) is 2. The Morgan fingerprint density at radius 1 is 1.05 bits per heavy atom. The molecule has 8 nitrogen and oxygen atoms in total. The summed E-state index contributed by atoms with van der Waals surface area (Å²) in [5.74, 6) is -2.57. The van der Waals surface area contributed by atoms with Gasteiger partial charge in [0.15, 0.2) is 0 Å². The van der Waals surface area contributed by atoms with Crippen LogP contribution in [0.15, 0.2) is 12.2 Å². The summed E-state index contributed by atoms with van der Waals surface area (Å²) in [6.45, 7) is 3.39. The van der Waals surface area contributed by atoms with Crippen molar-refractivity contribution in [2.45, 2.75) is 33.1 Å². The Labute approximate surface area is 128 Å². The molecule has 0 spiro atoms. The minimum atomic E-state index is -1.15. The first-order valence-electron chi connectivity index (χ1n) is 6.67. The monoisotopic (exact) mass is 318 g/mol. The maximum Gasteiger partial charge on any atom is 0.331 e. The molecule has 0 aromatic carbocycles. The lowest BCUT2D eigenvalue weighted by Crippen LogP contribution is -2.11. The van der Waals surface area contributed by atoms with E-state index in [2.05, 4.69) is 9.47 Å². The number of hydrogen-bond donors (Lipinski definition) is 2. The fourth-order valence-electron chi connectivity index (χ4n) is 0.918. The van der Waals surface area contributed by atoms with Crippen LogP contribution in [0.5, 0.6) is 0 Å². The fourth-order valence-corrected chi connectivity index (χ4v) is 0.918. The van der Waals surface area contributed by atoms with Crippen LogP contribution in [-0.4, -0.2) is 53.7 Å². The van der Waals surface area contributed by atoms with Crippen LogP contribution in [-0.2, 0) is 28.7 Å². The number of carbonyl (C=O) groups is 4. The van der Waals surface area contributed by atoms with Crippen molar-refractivity contribution in [3.8, 4) is 0 Å². The van der Waals surface area contributed by atoms with Gasteiger partial charge >= 0.3 is 17.9 Å². The molecular weight excluding hydrogens is 296 g/mol. The van der Waals surface area contributed by atoms with Crippen LogP contribution in [0.4, 0.5) is 0 Å². The predicted octanol–water partition coefficient (Wildman–Crippen LogP) is 0.471. The molecule has 0 radical (unpaired) electrons. The van der Waals surface area contributed by atoms with Crippen molar-refractivity contribution in [1.82, 2.24) is 0 Å². The minimum Gasteiger partial charge on any atom is -0.478 e. The molecule has 0 aromatic rings. The Morgan fingerprint density at radius 2 is 1.68 bits per heavy atom. The molecule has 22 heavy (non-hydrogen) atoms. The van der Waals surface area contributed by atoms with Crippen LogP contribution in [0.25, 0.3) is 0 Å². The lowest BCUT2D eigenvalue weighted by Gasteiger charge is -1.98. The molecule has 0 bridgehead atoms. The molecule has 0 unspecified atom stereocenters. The Morgan fingerprint density at radius 3 is 2.14 bits per heavy atom. The van der Waals surface area contributed by atoms with E-state index in [9.17, 15) is 19.2 Å². The number of unbranched alkanes of at least 4 members (excludes halogenated alkanes) is 1. The zero-order valence-corrected chi connectivity index (χ0v) is 12.7. The second kappa shape index (κ2) is 15.2. The highest BCUT2D eigenvalue weighted by molar-refractivity contribution is 5.94. The van der Waals surface area contributed by atoms with Gasteiger partial charge in [0.2, 0.25) is 0 Å². The summed E-state index contributed by atoms with van der Waals surface area (Å²) in [4.78, 5) is 41.3. The van der Waals surface area contributed by atoms with Crippen LogP contribution in [0.1, 0.15) is 33.1 Å². The van der Waals surface area contributed by atoms with Crippen LogP contribution in [0.3, 0.4) is 0 Å². The topological polar surface area (TPSA) is 127 Å². The van der Waals surface area contributed by atoms with E-state index in [0.29, 0.717) is 6.61 Å². The second-order valence-corrected chi connectivity index (χ2v) is 4.02. The average Bonchev–Trinajstić information content (AvgIpc) is 2.43. The summed E-state index contributed by atoms with van der Waals surface area (Å²) in [5.41, 5.74) is 0. The average molecular weight is 318 g/mol. The molecule has 0 aliphatic carbocycles. The summed E-state index contributed by atoms with van der Waals surface area (Å²) < 4.78 is 9.04. The van der Waals surface area contributed by atoms with Crippen molar-refractivity contribution in [1.29, 1.82) is 0 Å². The molecule has 0 aliphatic rings. The molecular formula is C14H22O8. The fraction of sp³-hybridized carbons (Fsp3) is 0.571. The number of carboxylic acid groups (broad SMARTS) is 1. The predicted molar refractivity (Wildman–Crippen MR) is 76.0 cm³/mol. The highest BCUT2D eigenvalue weighted by Gasteiger charge is 2.04. The molecule has 0 aromatic heterocycles. The molecule has 0 amide bonds. The van der Waals surface area contributed by atoms with E-state index in [4.69, 9.17) is 10.2 Å². The maximum absolute atomic E-state index is 10.6. The number of ketones is 1. The third-order valence-corrected chi connectivity index (χ3v) is 1.85. The van der Waals surface area contributed by atoms with E-state index in [0.717, 1.165) is 25.0 Å². The van der Waals surface area contributed by atoms with Gasteiger partial charge in [-0.3, -0.25) is 9.59 Å². The molecule has 2 N–H and O–H groups in total. The normalized spacial score (nSPS) is 9.59. The first-order valence-corrected chi connectivity index (χ1v) is 6.67. The molecule has 0 heterocycles. The van der Waals surface area contributed by atoms with Gasteiger partial charge in [-0.2, -0.15) is 0 Å². The summed E-state index contributed by atoms with van der Waals surface area (Å²) in [6, 6.07) is 0. The van der Waals surface area contributed by atoms with Gasteiger partial charge in [-0.15, -0.1) is 0 Å². The molecule has 126 valence electrons. The molecule has 0 saturated carbocycles. The first kappa shape index (κ1) is 22.1. The molecule has 0 fully saturated rings. The van der Waals surface area contributed by atoms with Gasteiger partial charge < -0.3 is 19.7 Å². The lowest BCUT2D eigenvalue weighted by atomic mass is 10.3. The Hall–Kier alpha value is -2.22. The SMILES string of the molecule is CC(=O)CC(=O)OCCO.CCCCOC(=O)C=CC(=O)O. The Kier molecular flexibility index (Phi) is 15.2. The van der Waals surface area contributed by atoms with E-state index < -0.39 is 17.9 Å². The zero-order chi connectivity index (χ0) is 17.4. The minimum absolute atomic E-state index is 0.0356. The van der Waals surface area contributed by atoms with Crippen molar-refractivity contribution in [2.75, 3.05) is 19.8 Å². The Balaban J connectivity index is 0. The van der Waals surface area contributed by atoms with Crippen LogP contribution in [0.2, 0.25) is 0 Å². The van der Waals surface area contributed by atoms with Crippen molar-refractivity contribution in [3.63, 3.8) is 0 Å². The quantitative estimate of drug-likeness (QED) is 0.272. The van der Waals surface area contributed by atoms with Gasteiger partial charge in [0.05, 0.1) is 13.2 Å². The third-order valence-electron chi connectivity index (χ3n) is 1.85. The number of aliphatic carboxylic acids is 1. The van der Waals surface area contributed by atoms with Gasteiger partial charge in [-0.1, -0.05) is 13.3 Å². The van der Waals surface area contributed by atoms with Crippen molar-refractivity contribution < 1.29 is 38.9 Å². The third kappa shape index (κ3) is 20.1. The molecule has 0 atom stereocenters. The van der Waals surface area contributed by atoms with E-state index in [1.807, 2.05) is 6.92 Å². The van der Waals surface area contributed by atoms with Crippen LogP contribution in [0, 0.1) is 0 Å². The van der Waals surface area contributed by atoms with Gasteiger partial charge in [0.1, 0.15) is 18.8 Å². The zero-order valence-electron chi connectivity index (χ0n) is 12.7.